The van der Waals surface area contributed by atoms with Crippen molar-refractivity contribution in [1.29, 1.82) is 0 Å². The maximum Gasteiger partial charge on any atom is 0.124 e. The number of hydrogen-bond acceptors (Lipinski definition) is 2. The van der Waals surface area contributed by atoms with E-state index in [1.165, 1.54) is 12.1 Å². The van der Waals surface area contributed by atoms with Gasteiger partial charge in [-0.2, -0.15) is 0 Å². The molecule has 1 N–H and O–H groups in total. The molecule has 0 fully saturated rings. The van der Waals surface area contributed by atoms with Gasteiger partial charge in [-0.05, 0) is 23.8 Å². The fraction of sp³-hybridized carbons (Fsp3) is 0.176. The summed E-state index contributed by atoms with van der Waals surface area (Å²) in [7, 11) is 0. The molecule has 2 rings (SSSR count). The van der Waals surface area contributed by atoms with E-state index >= 15 is 0 Å². The van der Waals surface area contributed by atoms with Crippen molar-refractivity contribution in [2.45, 2.75) is 13.2 Å². The van der Waals surface area contributed by atoms with Gasteiger partial charge >= 0.3 is 0 Å². The molecule has 2 nitrogen and oxygen atoms in total. The normalized spacial score (nSPS) is 10.2. The van der Waals surface area contributed by atoms with Crippen LogP contribution in [0.3, 0.4) is 0 Å². The summed E-state index contributed by atoms with van der Waals surface area (Å²) in [5.74, 6) is 0.608. The first-order chi connectivity index (χ1) is 9.79. The first-order valence-corrected chi connectivity index (χ1v) is 6.56. The van der Waals surface area contributed by atoms with E-state index in [0.717, 1.165) is 30.0 Å². The van der Waals surface area contributed by atoms with Crippen LogP contribution in [0.4, 0.5) is 4.39 Å². The number of benzene rings is 2. The van der Waals surface area contributed by atoms with Crippen LogP contribution < -0.4 is 10.1 Å². The molecule has 2 aromatic rings. The van der Waals surface area contributed by atoms with Crippen LogP contribution >= 0.6 is 0 Å². The van der Waals surface area contributed by atoms with Crippen LogP contribution in [0.1, 0.15) is 11.1 Å². The Morgan fingerprint density at radius 3 is 2.60 bits per heavy atom. The summed E-state index contributed by atoms with van der Waals surface area (Å²) in [5.41, 5.74) is 2.04. The third kappa shape index (κ3) is 4.21. The summed E-state index contributed by atoms with van der Waals surface area (Å²) in [6, 6.07) is 14.2. The minimum Gasteiger partial charge on any atom is -0.489 e. The molecule has 3 heteroatoms. The second-order valence-electron chi connectivity index (χ2n) is 4.44. The molecular formula is C17H18FNO. The Kier molecular flexibility index (Phi) is 5.33. The highest BCUT2D eigenvalue weighted by Gasteiger charge is 2.03. The number of nitrogens with one attached hydrogen (secondary N) is 1. The lowest BCUT2D eigenvalue weighted by molar-refractivity contribution is 0.302. The second-order valence-corrected chi connectivity index (χ2v) is 4.44. The predicted octanol–water partition coefficient (Wildman–Crippen LogP) is 3.68. The van der Waals surface area contributed by atoms with E-state index in [9.17, 15) is 4.39 Å². The summed E-state index contributed by atoms with van der Waals surface area (Å²) >= 11 is 0. The SMILES string of the molecule is C=CCNCc1ccccc1OCc1ccc(F)cc1. The van der Waals surface area contributed by atoms with Gasteiger partial charge in [-0.1, -0.05) is 36.4 Å². The third-order valence-corrected chi connectivity index (χ3v) is 2.88. The molecule has 0 aliphatic carbocycles. The van der Waals surface area contributed by atoms with Gasteiger partial charge in [-0.15, -0.1) is 6.58 Å². The summed E-state index contributed by atoms with van der Waals surface area (Å²) in [4.78, 5) is 0. The molecule has 0 aromatic heterocycles. The minimum atomic E-state index is -0.234. The highest BCUT2D eigenvalue weighted by molar-refractivity contribution is 5.33. The van der Waals surface area contributed by atoms with Crippen molar-refractivity contribution in [2.75, 3.05) is 6.54 Å². The van der Waals surface area contributed by atoms with E-state index in [4.69, 9.17) is 4.74 Å². The fourth-order valence-electron chi connectivity index (χ4n) is 1.84. The first-order valence-electron chi connectivity index (χ1n) is 6.56. The maximum atomic E-state index is 12.8. The van der Waals surface area contributed by atoms with Gasteiger partial charge in [0, 0.05) is 18.7 Å². The van der Waals surface area contributed by atoms with Crippen molar-refractivity contribution in [3.8, 4) is 5.75 Å². The molecular weight excluding hydrogens is 253 g/mol. The van der Waals surface area contributed by atoms with Crippen molar-refractivity contribution in [3.05, 3.63) is 78.1 Å². The van der Waals surface area contributed by atoms with E-state index in [1.807, 2.05) is 30.3 Å². The number of hydrogen-bond donors (Lipinski definition) is 1. The first kappa shape index (κ1) is 14.3. The molecule has 0 aliphatic rings. The van der Waals surface area contributed by atoms with Crippen molar-refractivity contribution in [2.24, 2.45) is 0 Å². The average Bonchev–Trinajstić information content (AvgIpc) is 2.48. The smallest absolute Gasteiger partial charge is 0.124 e. The summed E-state index contributed by atoms with van der Waals surface area (Å²) in [5, 5.41) is 3.25. The summed E-state index contributed by atoms with van der Waals surface area (Å²) in [6.45, 7) is 5.59. The van der Waals surface area contributed by atoms with Crippen molar-refractivity contribution in [1.82, 2.24) is 5.32 Å². The maximum absolute atomic E-state index is 12.8. The number of rotatable bonds is 7. The van der Waals surface area contributed by atoms with Gasteiger partial charge < -0.3 is 10.1 Å². The Morgan fingerprint density at radius 2 is 1.85 bits per heavy atom. The second kappa shape index (κ2) is 7.46. The molecule has 0 atom stereocenters. The highest BCUT2D eigenvalue weighted by Crippen LogP contribution is 2.19. The van der Waals surface area contributed by atoms with Gasteiger partial charge in [0.1, 0.15) is 18.2 Å². The molecule has 0 aliphatic heterocycles. The molecule has 0 bridgehead atoms. The predicted molar refractivity (Wildman–Crippen MR) is 79.1 cm³/mol. The van der Waals surface area contributed by atoms with Gasteiger partial charge in [0.2, 0.25) is 0 Å². The molecule has 0 radical (unpaired) electrons. The molecule has 2 aromatic carbocycles. The minimum absolute atomic E-state index is 0.234. The Balaban J connectivity index is 1.97. The third-order valence-electron chi connectivity index (χ3n) is 2.88. The van der Waals surface area contributed by atoms with Crippen molar-refractivity contribution < 1.29 is 9.13 Å². The van der Waals surface area contributed by atoms with Crippen molar-refractivity contribution in [3.63, 3.8) is 0 Å². The summed E-state index contributed by atoms with van der Waals surface area (Å²) < 4.78 is 18.6. The highest BCUT2D eigenvalue weighted by atomic mass is 19.1. The van der Waals surface area contributed by atoms with Crippen LogP contribution in [-0.2, 0) is 13.2 Å². The monoisotopic (exact) mass is 271 g/mol. The van der Waals surface area contributed by atoms with Crippen LogP contribution in [0.15, 0.2) is 61.2 Å². The van der Waals surface area contributed by atoms with E-state index < -0.39 is 0 Å². The zero-order valence-corrected chi connectivity index (χ0v) is 11.3. The van der Waals surface area contributed by atoms with Crippen LogP contribution in [0, 0.1) is 5.82 Å². The molecule has 0 heterocycles. The van der Waals surface area contributed by atoms with E-state index in [1.54, 1.807) is 12.1 Å². The van der Waals surface area contributed by atoms with Gasteiger partial charge in [-0.25, -0.2) is 4.39 Å². The van der Waals surface area contributed by atoms with Gasteiger partial charge in [0.25, 0.3) is 0 Å². The Morgan fingerprint density at radius 1 is 1.10 bits per heavy atom. The Hall–Kier alpha value is -2.13. The Labute approximate surface area is 118 Å². The molecule has 20 heavy (non-hydrogen) atoms. The molecule has 0 amide bonds. The molecule has 0 saturated heterocycles. The molecule has 0 spiro atoms. The average molecular weight is 271 g/mol. The van der Waals surface area contributed by atoms with Crippen LogP contribution in [-0.4, -0.2) is 6.54 Å². The van der Waals surface area contributed by atoms with E-state index in [2.05, 4.69) is 11.9 Å². The van der Waals surface area contributed by atoms with Crippen molar-refractivity contribution >= 4 is 0 Å². The Bertz CT molecular complexity index is 551. The number of para-hydroxylation sites is 1. The van der Waals surface area contributed by atoms with Crippen LogP contribution in [0.2, 0.25) is 0 Å². The largest absolute Gasteiger partial charge is 0.489 e. The summed E-state index contributed by atoms with van der Waals surface area (Å²) in [6.07, 6.45) is 1.82. The van der Waals surface area contributed by atoms with Gasteiger partial charge in [-0.3, -0.25) is 0 Å². The lowest BCUT2D eigenvalue weighted by atomic mass is 10.2. The lowest BCUT2D eigenvalue weighted by Gasteiger charge is -2.11. The van der Waals surface area contributed by atoms with Crippen LogP contribution in [0.5, 0.6) is 5.75 Å². The van der Waals surface area contributed by atoms with E-state index in [-0.39, 0.29) is 5.82 Å². The molecule has 0 unspecified atom stereocenters. The number of halogens is 1. The number of ether oxygens (including phenoxy) is 1. The van der Waals surface area contributed by atoms with E-state index in [0.29, 0.717) is 6.61 Å². The zero-order valence-electron chi connectivity index (χ0n) is 11.3. The molecule has 104 valence electrons. The van der Waals surface area contributed by atoms with Gasteiger partial charge in [0.15, 0.2) is 0 Å². The van der Waals surface area contributed by atoms with Crippen LogP contribution in [0.25, 0.3) is 0 Å². The zero-order chi connectivity index (χ0) is 14.2. The van der Waals surface area contributed by atoms with Gasteiger partial charge in [0.05, 0.1) is 0 Å². The molecule has 0 saturated carbocycles. The quantitative estimate of drug-likeness (QED) is 0.612. The standard InChI is InChI=1S/C17H18FNO/c1-2-11-19-12-15-5-3-4-6-17(15)20-13-14-7-9-16(18)10-8-14/h2-10,19H,1,11-13H2. The topological polar surface area (TPSA) is 21.3 Å². The lowest BCUT2D eigenvalue weighted by Crippen LogP contribution is -2.13. The fourth-order valence-corrected chi connectivity index (χ4v) is 1.84.